The summed E-state index contributed by atoms with van der Waals surface area (Å²) in [5.41, 5.74) is 4.97. The molecule has 8 heteroatoms. The van der Waals surface area contributed by atoms with Gasteiger partial charge in [0.25, 0.3) is 0 Å². The lowest BCUT2D eigenvalue weighted by atomic mass is 9.88. The molecular weight excluding hydrogens is 462 g/mol. The van der Waals surface area contributed by atoms with Gasteiger partial charge in [-0.05, 0) is 48.4 Å². The minimum absolute atomic E-state index is 0.108. The number of hydrogen-bond acceptors (Lipinski definition) is 5. The van der Waals surface area contributed by atoms with Crippen molar-refractivity contribution < 1.29 is 0 Å². The second-order valence-electron chi connectivity index (χ2n) is 10.4. The van der Waals surface area contributed by atoms with Crippen LogP contribution in [-0.2, 0) is 13.0 Å². The zero-order valence-electron chi connectivity index (χ0n) is 21.9. The highest BCUT2D eigenvalue weighted by Gasteiger charge is 2.24. The van der Waals surface area contributed by atoms with E-state index in [0.29, 0.717) is 18.3 Å². The average molecular weight is 500 g/mol. The van der Waals surface area contributed by atoms with Crippen LogP contribution in [0.5, 0.6) is 0 Å². The number of unbranched alkanes of at least 4 members (excludes halogenated alkanes) is 1. The summed E-state index contributed by atoms with van der Waals surface area (Å²) in [5.74, 6) is 1.07. The van der Waals surface area contributed by atoms with Crippen LogP contribution in [0.3, 0.4) is 0 Å². The number of rotatable bonds is 8. The fraction of sp³-hybridized carbons (Fsp3) is 0.483. The van der Waals surface area contributed by atoms with Crippen LogP contribution >= 0.6 is 0 Å². The van der Waals surface area contributed by atoms with E-state index in [2.05, 4.69) is 51.3 Å². The first-order valence-electron chi connectivity index (χ1n) is 13.7. The van der Waals surface area contributed by atoms with Crippen LogP contribution in [0.1, 0.15) is 82.6 Å². The molecule has 3 heterocycles. The van der Waals surface area contributed by atoms with Crippen molar-refractivity contribution in [2.75, 3.05) is 0 Å². The Bertz CT molecular complexity index is 1340. The van der Waals surface area contributed by atoms with Gasteiger partial charge in [0.1, 0.15) is 0 Å². The number of nitrogens with zero attached hydrogens (tertiary/aromatic N) is 6. The van der Waals surface area contributed by atoms with E-state index in [4.69, 9.17) is 4.98 Å². The highest BCUT2D eigenvalue weighted by atomic mass is 16.1. The number of hydrogen-bond donors (Lipinski definition) is 1. The van der Waals surface area contributed by atoms with Gasteiger partial charge in [-0.1, -0.05) is 76.3 Å². The van der Waals surface area contributed by atoms with Crippen molar-refractivity contribution in [3.8, 4) is 22.5 Å². The standard InChI is InChI=1S/C29H37N7O/c1-3-4-12-24-20-36(27-15-8-6-5-7-11-21(27)2)29(37)35(24)19-23-17-16-22(18-30-23)25-13-9-10-14-26(25)28-31-33-34-32-28/h9-10,13-14,16-18,20-21,27H,3-8,11-12,15,19H2,1-2H3,(H,31,32,33,34). The van der Waals surface area contributed by atoms with E-state index in [1.807, 2.05) is 41.1 Å². The third-order valence-corrected chi connectivity index (χ3v) is 7.77. The molecule has 0 amide bonds. The molecule has 1 N–H and O–H groups in total. The van der Waals surface area contributed by atoms with Crippen LogP contribution < -0.4 is 5.69 Å². The van der Waals surface area contributed by atoms with Gasteiger partial charge in [0.15, 0.2) is 0 Å². The number of H-pyrrole nitrogens is 1. The van der Waals surface area contributed by atoms with Crippen LogP contribution in [-0.4, -0.2) is 34.7 Å². The van der Waals surface area contributed by atoms with Gasteiger partial charge in [-0.15, -0.1) is 10.2 Å². The van der Waals surface area contributed by atoms with Gasteiger partial charge in [0, 0.05) is 35.3 Å². The lowest BCUT2D eigenvalue weighted by molar-refractivity contribution is 0.273. The SMILES string of the molecule is CCCCc1cn(C2CCCCCCC2C)c(=O)n1Cc1ccc(-c2ccccc2-c2nn[nH]n2)cn1. The number of nitrogens with one attached hydrogen (secondary N) is 1. The highest BCUT2D eigenvalue weighted by molar-refractivity contribution is 5.79. The molecule has 0 saturated heterocycles. The molecule has 1 aliphatic rings. The van der Waals surface area contributed by atoms with Crippen LogP contribution in [0.2, 0.25) is 0 Å². The van der Waals surface area contributed by atoms with Crippen molar-refractivity contribution in [1.82, 2.24) is 34.7 Å². The first-order valence-corrected chi connectivity index (χ1v) is 13.7. The Kier molecular flexibility index (Phi) is 7.92. The van der Waals surface area contributed by atoms with Gasteiger partial charge in [-0.25, -0.2) is 4.79 Å². The minimum atomic E-state index is 0.108. The maximum Gasteiger partial charge on any atom is 0.328 e. The quantitative estimate of drug-likeness (QED) is 0.330. The summed E-state index contributed by atoms with van der Waals surface area (Å²) >= 11 is 0. The molecule has 1 fully saturated rings. The predicted octanol–water partition coefficient (Wildman–Crippen LogP) is 5.81. The summed E-state index contributed by atoms with van der Waals surface area (Å²) in [6, 6.07) is 12.3. The Labute approximate surface area is 218 Å². The van der Waals surface area contributed by atoms with Crippen molar-refractivity contribution in [2.24, 2.45) is 5.92 Å². The van der Waals surface area contributed by atoms with Gasteiger partial charge in [-0.3, -0.25) is 14.1 Å². The minimum Gasteiger partial charge on any atom is -0.296 e. The van der Waals surface area contributed by atoms with Gasteiger partial charge >= 0.3 is 5.69 Å². The molecule has 1 aliphatic carbocycles. The van der Waals surface area contributed by atoms with E-state index in [-0.39, 0.29) is 11.7 Å². The Morgan fingerprint density at radius 3 is 2.57 bits per heavy atom. The smallest absolute Gasteiger partial charge is 0.296 e. The summed E-state index contributed by atoms with van der Waals surface area (Å²) in [5, 5.41) is 14.5. The van der Waals surface area contributed by atoms with Gasteiger partial charge in [0.2, 0.25) is 5.82 Å². The molecule has 37 heavy (non-hydrogen) atoms. The fourth-order valence-electron chi connectivity index (χ4n) is 5.62. The van der Waals surface area contributed by atoms with Crippen LogP contribution in [0, 0.1) is 5.92 Å². The Morgan fingerprint density at radius 2 is 1.84 bits per heavy atom. The fourth-order valence-corrected chi connectivity index (χ4v) is 5.62. The number of aromatic nitrogens is 7. The summed E-state index contributed by atoms with van der Waals surface area (Å²) < 4.78 is 4.01. The zero-order valence-corrected chi connectivity index (χ0v) is 21.9. The normalized spacial score (nSPS) is 18.4. The number of benzene rings is 1. The molecule has 0 spiro atoms. The lowest BCUT2D eigenvalue weighted by Gasteiger charge is -2.27. The third kappa shape index (κ3) is 5.58. The number of pyridine rings is 1. The van der Waals surface area contributed by atoms with Crippen LogP contribution in [0.4, 0.5) is 0 Å². The Morgan fingerprint density at radius 1 is 1.03 bits per heavy atom. The van der Waals surface area contributed by atoms with Crippen LogP contribution in [0.25, 0.3) is 22.5 Å². The van der Waals surface area contributed by atoms with E-state index >= 15 is 0 Å². The second kappa shape index (κ2) is 11.7. The molecule has 1 aromatic carbocycles. The molecule has 5 rings (SSSR count). The molecule has 0 bridgehead atoms. The van der Waals surface area contributed by atoms with E-state index in [0.717, 1.165) is 53.8 Å². The topological polar surface area (TPSA) is 94.3 Å². The second-order valence-corrected chi connectivity index (χ2v) is 10.4. The molecule has 1 saturated carbocycles. The van der Waals surface area contributed by atoms with E-state index < -0.39 is 0 Å². The third-order valence-electron chi connectivity index (χ3n) is 7.77. The van der Waals surface area contributed by atoms with Crippen molar-refractivity contribution in [2.45, 2.75) is 84.2 Å². The molecule has 0 radical (unpaired) electrons. The zero-order chi connectivity index (χ0) is 25.6. The first-order chi connectivity index (χ1) is 18.2. The molecular formula is C29H37N7O. The Hall–Kier alpha value is -3.55. The number of tetrazole rings is 1. The highest BCUT2D eigenvalue weighted by Crippen LogP contribution is 2.32. The van der Waals surface area contributed by atoms with Crippen LogP contribution in [0.15, 0.2) is 53.6 Å². The first kappa shape index (κ1) is 25.1. The van der Waals surface area contributed by atoms with E-state index in [1.54, 1.807) is 0 Å². The Balaban J connectivity index is 1.43. The maximum atomic E-state index is 13.7. The molecule has 0 aliphatic heterocycles. The molecule has 3 aromatic heterocycles. The summed E-state index contributed by atoms with van der Waals surface area (Å²) in [7, 11) is 0. The number of aryl methyl sites for hydroxylation is 1. The maximum absolute atomic E-state index is 13.7. The molecule has 4 aromatic rings. The summed E-state index contributed by atoms with van der Waals surface area (Å²) in [6.45, 7) is 5.00. The predicted molar refractivity (Wildman–Crippen MR) is 145 cm³/mol. The molecule has 2 atom stereocenters. The summed E-state index contributed by atoms with van der Waals surface area (Å²) in [4.78, 5) is 18.5. The van der Waals surface area contributed by atoms with Crippen molar-refractivity contribution in [1.29, 1.82) is 0 Å². The molecule has 194 valence electrons. The van der Waals surface area contributed by atoms with E-state index in [9.17, 15) is 4.79 Å². The van der Waals surface area contributed by atoms with Crippen molar-refractivity contribution >= 4 is 0 Å². The van der Waals surface area contributed by atoms with Gasteiger partial charge in [0.05, 0.1) is 12.2 Å². The monoisotopic (exact) mass is 499 g/mol. The lowest BCUT2D eigenvalue weighted by Crippen LogP contribution is -2.31. The average Bonchev–Trinajstić information content (AvgIpc) is 3.55. The van der Waals surface area contributed by atoms with Crippen molar-refractivity contribution in [3.05, 3.63) is 70.7 Å². The van der Waals surface area contributed by atoms with Gasteiger partial charge < -0.3 is 0 Å². The van der Waals surface area contributed by atoms with E-state index in [1.165, 1.54) is 32.1 Å². The molecule has 2 unspecified atom stereocenters. The summed E-state index contributed by atoms with van der Waals surface area (Å²) in [6.07, 6.45) is 14.4. The largest absolute Gasteiger partial charge is 0.328 e. The van der Waals surface area contributed by atoms with Gasteiger partial charge in [-0.2, -0.15) is 5.21 Å². The number of aromatic amines is 1. The van der Waals surface area contributed by atoms with Crippen molar-refractivity contribution in [3.63, 3.8) is 0 Å². The number of imidazole rings is 1. The molecule has 8 nitrogen and oxygen atoms in total.